The van der Waals surface area contributed by atoms with Crippen LogP contribution in [0.3, 0.4) is 0 Å². The van der Waals surface area contributed by atoms with Gasteiger partial charge in [-0.1, -0.05) is 56.3 Å². The molecular weight excluding hydrogens is 541 g/mol. The Bertz CT molecular complexity index is 1510. The van der Waals surface area contributed by atoms with Crippen LogP contribution >= 0.6 is 24.0 Å². The molecule has 9 heteroatoms. The van der Waals surface area contributed by atoms with Crippen molar-refractivity contribution in [3.05, 3.63) is 96.0 Å². The number of hydrogen-bond acceptors (Lipinski definition) is 6. The lowest BCUT2D eigenvalue weighted by Crippen LogP contribution is -2.30. The van der Waals surface area contributed by atoms with E-state index in [1.54, 1.807) is 25.1 Å². The molecule has 0 aliphatic carbocycles. The monoisotopic (exact) mass is 572 g/mol. The summed E-state index contributed by atoms with van der Waals surface area (Å²) in [5.74, 6) is 1.19. The van der Waals surface area contributed by atoms with E-state index in [1.807, 2.05) is 74.2 Å². The van der Waals surface area contributed by atoms with Crippen molar-refractivity contribution >= 4 is 46.4 Å². The third-order valence-electron chi connectivity index (χ3n) is 6.62. The number of hydrogen-bond donors (Lipinski definition) is 2. The first-order valence-electron chi connectivity index (χ1n) is 13.0. The fourth-order valence-electron chi connectivity index (χ4n) is 4.44. The summed E-state index contributed by atoms with van der Waals surface area (Å²) in [6, 6.07) is 23.3. The molecule has 3 heterocycles. The van der Waals surface area contributed by atoms with E-state index in [0.717, 1.165) is 27.1 Å². The van der Waals surface area contributed by atoms with Gasteiger partial charge in [0.1, 0.15) is 17.6 Å². The van der Waals surface area contributed by atoms with E-state index < -0.39 is 5.41 Å². The van der Waals surface area contributed by atoms with Crippen molar-refractivity contribution in [2.75, 3.05) is 17.3 Å². The van der Waals surface area contributed by atoms with Gasteiger partial charge < -0.3 is 24.7 Å². The molecule has 1 amide bonds. The molecule has 0 bridgehead atoms. The summed E-state index contributed by atoms with van der Waals surface area (Å²) < 4.78 is 12.1. The number of carbonyl (C=O) groups is 1. The third kappa shape index (κ3) is 5.85. The second-order valence-electron chi connectivity index (χ2n) is 10.7. The molecule has 1 aliphatic rings. The van der Waals surface area contributed by atoms with Crippen LogP contribution in [0.25, 0.3) is 0 Å². The van der Waals surface area contributed by atoms with Crippen LogP contribution in [0.1, 0.15) is 49.9 Å². The van der Waals surface area contributed by atoms with Crippen LogP contribution in [-0.4, -0.2) is 23.1 Å². The minimum absolute atomic E-state index is 0.0980. The number of benzene rings is 2. The lowest BCUT2D eigenvalue weighted by Gasteiger charge is -2.27. The van der Waals surface area contributed by atoms with Crippen molar-refractivity contribution in [2.24, 2.45) is 5.41 Å². The number of nitrogens with zero attached hydrogens (tertiary/aromatic N) is 2. The van der Waals surface area contributed by atoms with Crippen LogP contribution < -0.4 is 20.3 Å². The van der Waals surface area contributed by atoms with Gasteiger partial charge in [-0.2, -0.15) is 0 Å². The van der Waals surface area contributed by atoms with E-state index in [9.17, 15) is 4.79 Å². The number of aromatic nitrogens is 1. The fraction of sp³-hybridized carbons (Fsp3) is 0.258. The van der Waals surface area contributed by atoms with Crippen molar-refractivity contribution in [1.29, 1.82) is 0 Å². The zero-order chi connectivity index (χ0) is 28.4. The number of ether oxygens (including phenoxy) is 1. The van der Waals surface area contributed by atoms with Gasteiger partial charge in [-0.15, -0.1) is 0 Å². The highest BCUT2D eigenvalue weighted by Crippen LogP contribution is 2.45. The number of pyridine rings is 1. The van der Waals surface area contributed by atoms with E-state index in [1.165, 1.54) is 5.56 Å². The van der Waals surface area contributed by atoms with Gasteiger partial charge in [0.25, 0.3) is 0 Å². The van der Waals surface area contributed by atoms with Crippen molar-refractivity contribution in [1.82, 2.24) is 10.3 Å². The Morgan fingerprint density at radius 1 is 1.10 bits per heavy atom. The van der Waals surface area contributed by atoms with Gasteiger partial charge in [0.05, 0.1) is 24.5 Å². The Kier molecular flexibility index (Phi) is 7.87. The number of anilines is 2. The third-order valence-corrected chi connectivity index (χ3v) is 7.87. The van der Waals surface area contributed by atoms with E-state index in [4.69, 9.17) is 21.4 Å². The number of nitrogens with one attached hydrogen (secondary N) is 2. The van der Waals surface area contributed by atoms with E-state index in [2.05, 4.69) is 46.8 Å². The van der Waals surface area contributed by atoms with Crippen molar-refractivity contribution in [2.45, 2.75) is 49.8 Å². The van der Waals surface area contributed by atoms with Gasteiger partial charge in [0.2, 0.25) is 5.91 Å². The predicted molar refractivity (Wildman–Crippen MR) is 163 cm³/mol. The first kappa shape index (κ1) is 27.7. The number of aryl methyl sites for hydroxylation is 1. The number of furan rings is 1. The van der Waals surface area contributed by atoms with Gasteiger partial charge in [-0.25, -0.2) is 0 Å². The Hall–Kier alpha value is -3.82. The average molecular weight is 573 g/mol. The Balaban J connectivity index is 1.51. The molecule has 0 radical (unpaired) electrons. The van der Waals surface area contributed by atoms with Gasteiger partial charge in [-0.05, 0) is 67.7 Å². The van der Waals surface area contributed by atoms with Gasteiger partial charge in [-0.3, -0.25) is 9.78 Å². The molecule has 5 rings (SSSR count). The van der Waals surface area contributed by atoms with Gasteiger partial charge in [0.15, 0.2) is 10.2 Å². The molecule has 2 aromatic carbocycles. The predicted octanol–water partition coefficient (Wildman–Crippen LogP) is 7.30. The molecule has 206 valence electrons. The minimum Gasteiger partial charge on any atom is -0.494 e. The smallest absolute Gasteiger partial charge is 0.229 e. The molecule has 2 N–H and O–H groups in total. The number of carbonyl (C=O) groups excluding carboxylic acids is 1. The highest BCUT2D eigenvalue weighted by Gasteiger charge is 2.43. The largest absolute Gasteiger partial charge is 0.494 e. The highest BCUT2D eigenvalue weighted by atomic mass is 32.2. The normalized spacial score (nSPS) is 17.0. The standard InChI is InChI=1S/C31H32N4O3S2/c1-19-9-12-21(13-10-19)40-26-16-15-24(38-26)28-27(23-8-6-7-17-32-23)34-30(39)35(28)20-11-14-22(25(18-20)37-5)33-29(36)31(2,3)4/h6-18,27-28H,1-5H3,(H,33,36)(H,34,39)/t27-,28+/m0/s1. The second kappa shape index (κ2) is 11.3. The van der Waals surface area contributed by atoms with Crippen LogP contribution in [0, 0.1) is 12.3 Å². The van der Waals surface area contributed by atoms with Crippen LogP contribution in [0.2, 0.25) is 0 Å². The van der Waals surface area contributed by atoms with Gasteiger partial charge in [0, 0.05) is 28.3 Å². The van der Waals surface area contributed by atoms with E-state index in [-0.39, 0.29) is 18.0 Å². The quantitative estimate of drug-likeness (QED) is 0.223. The SMILES string of the molecule is COc1cc(N2C(=S)N[C@@H](c3ccccn3)[C@H]2c2ccc(Sc3ccc(C)cc3)o2)ccc1NC(=O)C(C)(C)C. The molecule has 2 atom stereocenters. The molecular formula is C31H32N4O3S2. The maximum atomic E-state index is 12.7. The summed E-state index contributed by atoms with van der Waals surface area (Å²) in [5, 5.41) is 7.76. The van der Waals surface area contributed by atoms with Crippen molar-refractivity contribution in [3.8, 4) is 5.75 Å². The van der Waals surface area contributed by atoms with Crippen molar-refractivity contribution < 1.29 is 13.9 Å². The first-order chi connectivity index (χ1) is 19.1. The lowest BCUT2D eigenvalue weighted by atomic mass is 9.95. The van der Waals surface area contributed by atoms with Crippen LogP contribution in [-0.2, 0) is 4.79 Å². The summed E-state index contributed by atoms with van der Waals surface area (Å²) in [6.07, 6.45) is 1.77. The van der Waals surface area contributed by atoms with Crippen LogP contribution in [0.4, 0.5) is 11.4 Å². The molecule has 7 nitrogen and oxygen atoms in total. The Morgan fingerprint density at radius 2 is 1.88 bits per heavy atom. The Labute approximate surface area is 244 Å². The molecule has 40 heavy (non-hydrogen) atoms. The minimum atomic E-state index is -0.543. The maximum Gasteiger partial charge on any atom is 0.229 e. The number of thiocarbonyl (C=S) groups is 1. The van der Waals surface area contributed by atoms with Crippen molar-refractivity contribution in [3.63, 3.8) is 0 Å². The number of rotatable bonds is 7. The molecule has 0 saturated carbocycles. The molecule has 1 fully saturated rings. The highest BCUT2D eigenvalue weighted by molar-refractivity contribution is 7.99. The number of amides is 1. The maximum absolute atomic E-state index is 12.7. The molecule has 2 aromatic heterocycles. The summed E-state index contributed by atoms with van der Waals surface area (Å²) >= 11 is 7.43. The first-order valence-corrected chi connectivity index (χ1v) is 14.2. The van der Waals surface area contributed by atoms with E-state index >= 15 is 0 Å². The molecule has 1 aliphatic heterocycles. The molecule has 0 unspecified atom stereocenters. The van der Waals surface area contributed by atoms with Crippen LogP contribution in [0.5, 0.6) is 5.75 Å². The zero-order valence-corrected chi connectivity index (χ0v) is 24.7. The lowest BCUT2D eigenvalue weighted by molar-refractivity contribution is -0.123. The molecule has 0 spiro atoms. The van der Waals surface area contributed by atoms with Crippen LogP contribution in [0.15, 0.2) is 93.4 Å². The number of methoxy groups -OCH3 is 1. The summed E-state index contributed by atoms with van der Waals surface area (Å²) in [4.78, 5) is 20.4. The topological polar surface area (TPSA) is 79.6 Å². The zero-order valence-electron chi connectivity index (χ0n) is 23.1. The molecule has 1 saturated heterocycles. The van der Waals surface area contributed by atoms with Gasteiger partial charge >= 0.3 is 0 Å². The molecule has 4 aromatic rings. The van der Waals surface area contributed by atoms with E-state index in [0.29, 0.717) is 16.5 Å². The second-order valence-corrected chi connectivity index (χ2v) is 12.1. The summed E-state index contributed by atoms with van der Waals surface area (Å²) in [6.45, 7) is 7.68. The summed E-state index contributed by atoms with van der Waals surface area (Å²) in [5.41, 5.74) is 2.91. The Morgan fingerprint density at radius 3 is 2.55 bits per heavy atom. The summed E-state index contributed by atoms with van der Waals surface area (Å²) in [7, 11) is 1.59. The average Bonchev–Trinajstić information content (AvgIpc) is 3.54. The fourth-order valence-corrected chi connectivity index (χ4v) is 5.56.